The van der Waals surface area contributed by atoms with E-state index >= 15 is 0 Å². The van der Waals surface area contributed by atoms with Gasteiger partial charge in [-0.1, -0.05) is 23.5 Å². The van der Waals surface area contributed by atoms with Gasteiger partial charge in [-0.15, -0.1) is 22.0 Å². The molecule has 0 aliphatic heterocycles. The van der Waals surface area contributed by atoms with E-state index in [1.807, 2.05) is 12.1 Å². The summed E-state index contributed by atoms with van der Waals surface area (Å²) in [6, 6.07) is 8.20. The summed E-state index contributed by atoms with van der Waals surface area (Å²) in [6.07, 6.45) is 2.05. The van der Waals surface area contributed by atoms with Crippen LogP contribution in [-0.4, -0.2) is 16.5 Å². The van der Waals surface area contributed by atoms with Crippen molar-refractivity contribution < 1.29 is 0 Å². The molecule has 0 saturated heterocycles. The summed E-state index contributed by atoms with van der Waals surface area (Å²) in [5.74, 6) is 0. The average molecular weight is 223 g/mol. The predicted octanol–water partition coefficient (Wildman–Crippen LogP) is 2.51. The van der Waals surface area contributed by atoms with Gasteiger partial charge >= 0.3 is 0 Å². The number of nitrogens with two attached hydrogens (primary N) is 1. The third-order valence-corrected chi connectivity index (χ3v) is 3.32. The normalized spacial score (nSPS) is 10.4. The van der Waals surface area contributed by atoms with Crippen molar-refractivity contribution in [2.24, 2.45) is 0 Å². The number of nitrogens with zero attached hydrogens (tertiary/aromatic N) is 2. The lowest BCUT2D eigenvalue weighted by Crippen LogP contribution is -1.80. The molecule has 0 amide bonds. The van der Waals surface area contributed by atoms with Crippen LogP contribution in [0.15, 0.2) is 29.2 Å². The molecule has 0 atom stereocenters. The molecule has 0 aliphatic carbocycles. The highest BCUT2D eigenvalue weighted by atomic mass is 32.2. The van der Waals surface area contributed by atoms with Crippen molar-refractivity contribution in [2.75, 3.05) is 12.0 Å². The van der Waals surface area contributed by atoms with Crippen LogP contribution < -0.4 is 5.73 Å². The van der Waals surface area contributed by atoms with Crippen molar-refractivity contribution in [1.82, 2.24) is 10.2 Å². The third-order valence-electron chi connectivity index (χ3n) is 1.78. The highest BCUT2D eigenvalue weighted by Crippen LogP contribution is 2.26. The Morgan fingerprint density at radius 3 is 2.43 bits per heavy atom. The van der Waals surface area contributed by atoms with Crippen molar-refractivity contribution in [1.29, 1.82) is 0 Å². The van der Waals surface area contributed by atoms with Crippen LogP contribution in [0.25, 0.3) is 10.6 Å². The lowest BCUT2D eigenvalue weighted by atomic mass is 10.2. The molecule has 14 heavy (non-hydrogen) atoms. The van der Waals surface area contributed by atoms with Crippen LogP contribution in [0.5, 0.6) is 0 Å². The molecule has 0 spiro atoms. The van der Waals surface area contributed by atoms with Gasteiger partial charge in [0, 0.05) is 10.5 Å². The van der Waals surface area contributed by atoms with E-state index in [1.54, 1.807) is 11.8 Å². The molecule has 0 aliphatic rings. The van der Waals surface area contributed by atoms with Gasteiger partial charge in [-0.25, -0.2) is 0 Å². The molecule has 2 aromatic rings. The Kier molecular flexibility index (Phi) is 2.69. The molecule has 0 fully saturated rings. The molecule has 0 unspecified atom stereocenters. The van der Waals surface area contributed by atoms with Crippen LogP contribution in [0.4, 0.5) is 5.13 Å². The summed E-state index contributed by atoms with van der Waals surface area (Å²) < 4.78 is 0. The Labute approximate surface area is 90.4 Å². The molecular formula is C9H9N3S2. The van der Waals surface area contributed by atoms with E-state index in [1.165, 1.54) is 16.2 Å². The first kappa shape index (κ1) is 9.48. The number of benzene rings is 1. The summed E-state index contributed by atoms with van der Waals surface area (Å²) in [6.45, 7) is 0. The van der Waals surface area contributed by atoms with Crippen LogP contribution in [-0.2, 0) is 0 Å². The third kappa shape index (κ3) is 1.88. The number of nitrogen functional groups attached to an aromatic ring is 1. The summed E-state index contributed by atoms with van der Waals surface area (Å²) in [4.78, 5) is 1.24. The van der Waals surface area contributed by atoms with Crippen molar-refractivity contribution in [3.63, 3.8) is 0 Å². The van der Waals surface area contributed by atoms with Gasteiger partial charge in [-0.3, -0.25) is 0 Å². The van der Waals surface area contributed by atoms with Crippen molar-refractivity contribution in [3.05, 3.63) is 24.3 Å². The van der Waals surface area contributed by atoms with Gasteiger partial charge in [0.25, 0.3) is 0 Å². The predicted molar refractivity (Wildman–Crippen MR) is 61.5 cm³/mol. The van der Waals surface area contributed by atoms with E-state index in [0.717, 1.165) is 10.6 Å². The Balaban J connectivity index is 2.33. The Bertz CT molecular complexity index is 422. The fourth-order valence-corrected chi connectivity index (χ4v) is 2.11. The topological polar surface area (TPSA) is 51.8 Å². The fourth-order valence-electron chi connectivity index (χ4n) is 1.08. The monoisotopic (exact) mass is 223 g/mol. The van der Waals surface area contributed by atoms with Gasteiger partial charge in [0.15, 0.2) is 0 Å². The maximum absolute atomic E-state index is 5.51. The van der Waals surface area contributed by atoms with Crippen LogP contribution >= 0.6 is 23.1 Å². The second-order valence-electron chi connectivity index (χ2n) is 2.67. The SMILES string of the molecule is CSc1ccc(-c2nnc(N)s2)cc1. The molecule has 3 nitrogen and oxygen atoms in total. The molecule has 72 valence electrons. The van der Waals surface area contributed by atoms with E-state index in [0.29, 0.717) is 5.13 Å². The van der Waals surface area contributed by atoms with Gasteiger partial charge in [0.1, 0.15) is 5.01 Å². The molecule has 2 rings (SSSR count). The number of thioether (sulfide) groups is 1. The smallest absolute Gasteiger partial charge is 0.203 e. The lowest BCUT2D eigenvalue weighted by Gasteiger charge is -1.97. The second kappa shape index (κ2) is 3.98. The largest absolute Gasteiger partial charge is 0.374 e. The van der Waals surface area contributed by atoms with Gasteiger partial charge in [0.05, 0.1) is 0 Å². The molecule has 1 aromatic heterocycles. The van der Waals surface area contributed by atoms with Crippen LogP contribution in [0.2, 0.25) is 0 Å². The zero-order valence-corrected chi connectivity index (χ0v) is 9.23. The van der Waals surface area contributed by atoms with Crippen LogP contribution in [0, 0.1) is 0 Å². The van der Waals surface area contributed by atoms with E-state index in [-0.39, 0.29) is 0 Å². The first-order chi connectivity index (χ1) is 6.79. The van der Waals surface area contributed by atoms with Crippen molar-refractivity contribution in [2.45, 2.75) is 4.90 Å². The molecule has 0 radical (unpaired) electrons. The van der Waals surface area contributed by atoms with E-state index < -0.39 is 0 Å². The number of rotatable bonds is 2. The quantitative estimate of drug-likeness (QED) is 0.795. The van der Waals surface area contributed by atoms with Crippen molar-refractivity contribution >= 4 is 28.2 Å². The van der Waals surface area contributed by atoms with Crippen LogP contribution in [0.1, 0.15) is 0 Å². The molecule has 1 aromatic carbocycles. The molecule has 0 bridgehead atoms. The molecular weight excluding hydrogens is 214 g/mol. The van der Waals surface area contributed by atoms with Crippen molar-refractivity contribution in [3.8, 4) is 10.6 Å². The van der Waals surface area contributed by atoms with E-state index in [2.05, 4.69) is 28.6 Å². The minimum atomic E-state index is 0.508. The zero-order chi connectivity index (χ0) is 9.97. The Morgan fingerprint density at radius 2 is 1.93 bits per heavy atom. The molecule has 0 saturated carbocycles. The molecule has 2 N–H and O–H groups in total. The number of hydrogen-bond donors (Lipinski definition) is 1. The lowest BCUT2D eigenvalue weighted by molar-refractivity contribution is 1.10. The summed E-state index contributed by atoms with van der Waals surface area (Å²) >= 11 is 3.12. The summed E-state index contributed by atoms with van der Waals surface area (Å²) in [5, 5.41) is 9.13. The van der Waals surface area contributed by atoms with E-state index in [9.17, 15) is 0 Å². The fraction of sp³-hybridized carbons (Fsp3) is 0.111. The summed E-state index contributed by atoms with van der Waals surface area (Å²) in [5.41, 5.74) is 6.58. The van der Waals surface area contributed by atoms with Crippen LogP contribution in [0.3, 0.4) is 0 Å². The molecule has 5 heteroatoms. The first-order valence-corrected chi connectivity index (χ1v) is 6.07. The average Bonchev–Trinajstić information content (AvgIpc) is 2.65. The Hall–Kier alpha value is -1.07. The van der Waals surface area contributed by atoms with Gasteiger partial charge < -0.3 is 5.73 Å². The molecule has 1 heterocycles. The minimum absolute atomic E-state index is 0.508. The van der Waals surface area contributed by atoms with Gasteiger partial charge in [-0.2, -0.15) is 0 Å². The standard InChI is InChI=1S/C9H9N3S2/c1-13-7-4-2-6(3-5-7)8-11-12-9(10)14-8/h2-5H,1H3,(H2,10,12). The Morgan fingerprint density at radius 1 is 1.21 bits per heavy atom. The zero-order valence-electron chi connectivity index (χ0n) is 7.60. The maximum atomic E-state index is 5.51. The van der Waals surface area contributed by atoms with E-state index in [4.69, 9.17) is 5.73 Å². The second-order valence-corrected chi connectivity index (χ2v) is 4.56. The highest BCUT2D eigenvalue weighted by molar-refractivity contribution is 7.98. The number of anilines is 1. The van der Waals surface area contributed by atoms with Gasteiger partial charge in [-0.05, 0) is 18.4 Å². The first-order valence-electron chi connectivity index (χ1n) is 4.03. The minimum Gasteiger partial charge on any atom is -0.374 e. The highest BCUT2D eigenvalue weighted by Gasteiger charge is 2.03. The van der Waals surface area contributed by atoms with Gasteiger partial charge in [0.2, 0.25) is 5.13 Å². The number of aromatic nitrogens is 2. The number of hydrogen-bond acceptors (Lipinski definition) is 5. The maximum Gasteiger partial charge on any atom is 0.203 e. The summed E-state index contributed by atoms with van der Waals surface area (Å²) in [7, 11) is 0.